The van der Waals surface area contributed by atoms with E-state index in [-0.39, 0.29) is 24.6 Å². The normalized spacial score (nSPS) is 21.9. The SMILES string of the molecule is C[C@@H]1CCC[C@@H](C)N1C(=O)COC(=O)c1cccc(N)c1. The second-order valence-corrected chi connectivity index (χ2v) is 5.63. The average Bonchev–Trinajstić information content (AvgIpc) is 2.44. The molecule has 2 atom stereocenters. The maximum absolute atomic E-state index is 12.2. The third kappa shape index (κ3) is 3.74. The number of likely N-dealkylation sites (tertiary alicyclic amines) is 1. The molecular formula is C16H22N2O3. The lowest BCUT2D eigenvalue weighted by molar-refractivity contribution is -0.140. The van der Waals surface area contributed by atoms with Crippen molar-refractivity contribution in [1.82, 2.24) is 4.90 Å². The molecule has 21 heavy (non-hydrogen) atoms. The van der Waals surface area contributed by atoms with Crippen molar-refractivity contribution < 1.29 is 14.3 Å². The Morgan fingerprint density at radius 1 is 1.29 bits per heavy atom. The second-order valence-electron chi connectivity index (χ2n) is 5.63. The zero-order valence-corrected chi connectivity index (χ0v) is 12.5. The number of carbonyl (C=O) groups excluding carboxylic acids is 2. The number of benzene rings is 1. The van der Waals surface area contributed by atoms with Crippen LogP contribution in [0.4, 0.5) is 5.69 Å². The van der Waals surface area contributed by atoms with Gasteiger partial charge in [-0.3, -0.25) is 4.79 Å². The molecule has 1 heterocycles. The largest absolute Gasteiger partial charge is 0.452 e. The van der Waals surface area contributed by atoms with Crippen molar-refractivity contribution in [2.24, 2.45) is 0 Å². The van der Waals surface area contributed by atoms with Gasteiger partial charge in [0.15, 0.2) is 6.61 Å². The summed E-state index contributed by atoms with van der Waals surface area (Å²) < 4.78 is 5.11. The Morgan fingerprint density at radius 3 is 2.57 bits per heavy atom. The predicted molar refractivity (Wildman–Crippen MR) is 80.8 cm³/mol. The molecule has 0 aromatic heterocycles. The molecule has 1 aromatic carbocycles. The molecule has 114 valence electrons. The molecule has 2 rings (SSSR count). The van der Waals surface area contributed by atoms with Crippen molar-refractivity contribution in [3.63, 3.8) is 0 Å². The predicted octanol–water partition coefficient (Wildman–Crippen LogP) is 2.22. The number of nitrogens with two attached hydrogens (primary N) is 1. The first-order valence-corrected chi connectivity index (χ1v) is 7.33. The van der Waals surface area contributed by atoms with Crippen LogP contribution in [0.25, 0.3) is 0 Å². The minimum atomic E-state index is -0.520. The first kappa shape index (κ1) is 15.4. The summed E-state index contributed by atoms with van der Waals surface area (Å²) in [5, 5.41) is 0. The first-order valence-electron chi connectivity index (χ1n) is 7.33. The van der Waals surface area contributed by atoms with Crippen LogP contribution in [-0.4, -0.2) is 35.5 Å². The monoisotopic (exact) mass is 290 g/mol. The van der Waals surface area contributed by atoms with E-state index in [0.717, 1.165) is 19.3 Å². The van der Waals surface area contributed by atoms with Gasteiger partial charge in [-0.15, -0.1) is 0 Å². The topological polar surface area (TPSA) is 72.6 Å². The molecule has 0 unspecified atom stereocenters. The number of amides is 1. The van der Waals surface area contributed by atoms with Crippen LogP contribution in [0.1, 0.15) is 43.5 Å². The number of piperidine rings is 1. The van der Waals surface area contributed by atoms with Crippen molar-refractivity contribution >= 4 is 17.6 Å². The Hall–Kier alpha value is -2.04. The van der Waals surface area contributed by atoms with Crippen LogP contribution in [0.3, 0.4) is 0 Å². The summed E-state index contributed by atoms with van der Waals surface area (Å²) in [5.74, 6) is -0.653. The lowest BCUT2D eigenvalue weighted by atomic mass is 9.97. The molecule has 1 amide bonds. The van der Waals surface area contributed by atoms with Crippen LogP contribution in [0.15, 0.2) is 24.3 Å². The second kappa shape index (κ2) is 6.61. The molecule has 0 radical (unpaired) electrons. The lowest BCUT2D eigenvalue weighted by Crippen LogP contribution is -2.49. The summed E-state index contributed by atoms with van der Waals surface area (Å²) in [6.07, 6.45) is 3.13. The Bertz CT molecular complexity index is 520. The molecule has 1 aliphatic rings. The van der Waals surface area contributed by atoms with Gasteiger partial charge in [0.25, 0.3) is 5.91 Å². The van der Waals surface area contributed by atoms with Gasteiger partial charge in [0, 0.05) is 17.8 Å². The molecular weight excluding hydrogens is 268 g/mol. The number of hydrogen-bond donors (Lipinski definition) is 1. The molecule has 1 fully saturated rings. The van der Waals surface area contributed by atoms with Gasteiger partial charge >= 0.3 is 5.97 Å². The Kier molecular flexibility index (Phi) is 4.83. The third-order valence-electron chi connectivity index (χ3n) is 3.93. The first-order chi connectivity index (χ1) is 9.99. The quantitative estimate of drug-likeness (QED) is 0.684. The summed E-state index contributed by atoms with van der Waals surface area (Å²) in [6.45, 7) is 3.85. The zero-order chi connectivity index (χ0) is 15.4. The van der Waals surface area contributed by atoms with E-state index in [1.807, 2.05) is 18.7 Å². The van der Waals surface area contributed by atoms with Gasteiger partial charge in [0.2, 0.25) is 0 Å². The number of nitrogens with zero attached hydrogens (tertiary/aromatic N) is 1. The highest BCUT2D eigenvalue weighted by Gasteiger charge is 2.29. The van der Waals surface area contributed by atoms with Crippen molar-refractivity contribution in [2.75, 3.05) is 12.3 Å². The van der Waals surface area contributed by atoms with Gasteiger partial charge in [-0.2, -0.15) is 0 Å². The molecule has 1 aromatic rings. The summed E-state index contributed by atoms with van der Waals surface area (Å²) >= 11 is 0. The van der Waals surface area contributed by atoms with Crippen LogP contribution in [0.2, 0.25) is 0 Å². The van der Waals surface area contributed by atoms with Gasteiger partial charge in [0.05, 0.1) is 5.56 Å². The fourth-order valence-corrected chi connectivity index (χ4v) is 2.86. The molecule has 0 saturated carbocycles. The Labute approximate surface area is 125 Å². The van der Waals surface area contributed by atoms with E-state index in [9.17, 15) is 9.59 Å². The molecule has 1 aliphatic heterocycles. The van der Waals surface area contributed by atoms with Crippen LogP contribution in [-0.2, 0) is 9.53 Å². The van der Waals surface area contributed by atoms with Crippen molar-refractivity contribution in [1.29, 1.82) is 0 Å². The summed E-state index contributed by atoms with van der Waals surface area (Å²) in [6, 6.07) is 6.94. The van der Waals surface area contributed by atoms with Crippen molar-refractivity contribution in [2.45, 2.75) is 45.2 Å². The van der Waals surface area contributed by atoms with Gasteiger partial charge in [0.1, 0.15) is 0 Å². The van der Waals surface area contributed by atoms with Gasteiger partial charge < -0.3 is 15.4 Å². The van der Waals surface area contributed by atoms with E-state index in [2.05, 4.69) is 0 Å². The lowest BCUT2D eigenvalue weighted by Gasteiger charge is -2.38. The van der Waals surface area contributed by atoms with E-state index in [4.69, 9.17) is 10.5 Å². The number of rotatable bonds is 3. The van der Waals surface area contributed by atoms with E-state index in [0.29, 0.717) is 11.3 Å². The maximum atomic E-state index is 12.2. The standard InChI is InChI=1S/C16H22N2O3/c1-11-5-3-6-12(2)18(11)15(19)10-21-16(20)13-7-4-8-14(17)9-13/h4,7-9,11-12H,3,5-6,10,17H2,1-2H3/t11-,12-/m1/s1. The summed E-state index contributed by atoms with van der Waals surface area (Å²) in [7, 11) is 0. The Balaban J connectivity index is 1.93. The molecule has 5 nitrogen and oxygen atoms in total. The fraction of sp³-hybridized carbons (Fsp3) is 0.500. The van der Waals surface area contributed by atoms with E-state index >= 15 is 0 Å². The zero-order valence-electron chi connectivity index (χ0n) is 12.5. The van der Waals surface area contributed by atoms with Crippen LogP contribution in [0, 0.1) is 0 Å². The highest BCUT2D eigenvalue weighted by Crippen LogP contribution is 2.22. The molecule has 0 bridgehead atoms. The Morgan fingerprint density at radius 2 is 1.95 bits per heavy atom. The summed E-state index contributed by atoms with van der Waals surface area (Å²) in [5.41, 5.74) is 6.48. The van der Waals surface area contributed by atoms with Crippen molar-refractivity contribution in [3.05, 3.63) is 29.8 Å². The molecule has 0 spiro atoms. The fourth-order valence-electron chi connectivity index (χ4n) is 2.86. The number of hydrogen-bond acceptors (Lipinski definition) is 4. The third-order valence-corrected chi connectivity index (χ3v) is 3.93. The molecule has 2 N–H and O–H groups in total. The molecule has 5 heteroatoms. The smallest absolute Gasteiger partial charge is 0.338 e. The molecule has 0 aliphatic carbocycles. The van der Waals surface area contributed by atoms with Crippen molar-refractivity contribution in [3.8, 4) is 0 Å². The van der Waals surface area contributed by atoms with E-state index in [1.54, 1.807) is 24.3 Å². The van der Waals surface area contributed by atoms with E-state index in [1.165, 1.54) is 0 Å². The average molecular weight is 290 g/mol. The number of ether oxygens (including phenoxy) is 1. The van der Waals surface area contributed by atoms with Crippen LogP contribution < -0.4 is 5.73 Å². The minimum Gasteiger partial charge on any atom is -0.452 e. The maximum Gasteiger partial charge on any atom is 0.338 e. The highest BCUT2D eigenvalue weighted by molar-refractivity contribution is 5.92. The van der Waals surface area contributed by atoms with Gasteiger partial charge in [-0.05, 0) is 51.3 Å². The van der Waals surface area contributed by atoms with Crippen LogP contribution in [0.5, 0.6) is 0 Å². The van der Waals surface area contributed by atoms with E-state index < -0.39 is 5.97 Å². The molecule has 1 saturated heterocycles. The number of esters is 1. The van der Waals surface area contributed by atoms with Gasteiger partial charge in [-0.25, -0.2) is 4.79 Å². The number of nitrogen functional groups attached to an aromatic ring is 1. The summed E-state index contributed by atoms with van der Waals surface area (Å²) in [4.78, 5) is 26.0. The number of anilines is 1. The van der Waals surface area contributed by atoms with Gasteiger partial charge in [-0.1, -0.05) is 6.07 Å². The van der Waals surface area contributed by atoms with Crippen LogP contribution >= 0.6 is 0 Å². The highest BCUT2D eigenvalue weighted by atomic mass is 16.5. The number of carbonyl (C=O) groups is 2. The minimum absolute atomic E-state index is 0.132.